The summed E-state index contributed by atoms with van der Waals surface area (Å²) in [6, 6.07) is 8.22. The standard InChI is InChI=1S/C8H9Cl.C3H8/c1-7-2-4-8(6-9)5-3-7;1-3-2/h2-5H,6H2,1H3;3H2,1-2H3. The third-order valence-electron chi connectivity index (χ3n) is 1.27. The van der Waals surface area contributed by atoms with E-state index in [0.717, 1.165) is 0 Å². The van der Waals surface area contributed by atoms with Gasteiger partial charge in [-0.25, -0.2) is 0 Å². The largest absolute Gasteiger partial charge is 0.122 e. The van der Waals surface area contributed by atoms with Crippen molar-refractivity contribution >= 4 is 11.6 Å². The molecule has 0 spiro atoms. The molecule has 68 valence electrons. The predicted molar refractivity (Wildman–Crippen MR) is 56.7 cm³/mol. The van der Waals surface area contributed by atoms with Crippen molar-refractivity contribution in [3.8, 4) is 0 Å². The number of hydrogen-bond acceptors (Lipinski definition) is 0. The van der Waals surface area contributed by atoms with Crippen molar-refractivity contribution in [2.24, 2.45) is 0 Å². The highest BCUT2D eigenvalue weighted by Gasteiger charge is 1.86. The smallest absolute Gasteiger partial charge is 0.0474 e. The Labute approximate surface area is 80.6 Å². The Bertz CT molecular complexity index is 189. The van der Waals surface area contributed by atoms with E-state index in [-0.39, 0.29) is 0 Å². The number of aryl methyl sites for hydroxylation is 1. The lowest BCUT2D eigenvalue weighted by atomic mass is 10.2. The van der Waals surface area contributed by atoms with Gasteiger partial charge in [0.05, 0.1) is 0 Å². The summed E-state index contributed by atoms with van der Waals surface area (Å²) in [6.45, 7) is 6.32. The van der Waals surface area contributed by atoms with Crippen LogP contribution in [-0.2, 0) is 5.88 Å². The van der Waals surface area contributed by atoms with Gasteiger partial charge >= 0.3 is 0 Å². The van der Waals surface area contributed by atoms with Crippen LogP contribution in [0.25, 0.3) is 0 Å². The molecule has 0 N–H and O–H groups in total. The molecule has 0 bridgehead atoms. The number of halogens is 1. The van der Waals surface area contributed by atoms with Gasteiger partial charge in [-0.05, 0) is 12.5 Å². The molecule has 1 heteroatoms. The SMILES string of the molecule is CCC.Cc1ccc(CCl)cc1. The molecule has 0 saturated heterocycles. The van der Waals surface area contributed by atoms with Crippen molar-refractivity contribution in [2.45, 2.75) is 33.1 Å². The van der Waals surface area contributed by atoms with E-state index >= 15 is 0 Å². The molecule has 1 rings (SSSR count). The van der Waals surface area contributed by atoms with E-state index in [4.69, 9.17) is 11.6 Å². The zero-order valence-electron chi connectivity index (χ0n) is 8.10. The van der Waals surface area contributed by atoms with Gasteiger partial charge in [-0.3, -0.25) is 0 Å². The first-order valence-electron chi connectivity index (χ1n) is 4.36. The first kappa shape index (κ1) is 11.5. The Balaban J connectivity index is 0.000000354. The molecule has 0 aliphatic rings. The number of alkyl halides is 1. The Morgan fingerprint density at radius 2 is 1.50 bits per heavy atom. The monoisotopic (exact) mass is 184 g/mol. The molecule has 0 saturated carbocycles. The third-order valence-corrected chi connectivity index (χ3v) is 1.58. The Kier molecular flexibility index (Phi) is 6.88. The van der Waals surface area contributed by atoms with Gasteiger partial charge in [0, 0.05) is 5.88 Å². The average Bonchev–Trinajstić information content (AvgIpc) is 2.07. The van der Waals surface area contributed by atoms with Crippen LogP contribution in [0.5, 0.6) is 0 Å². The summed E-state index contributed by atoms with van der Waals surface area (Å²) >= 11 is 5.58. The van der Waals surface area contributed by atoms with Crippen LogP contribution in [0.2, 0.25) is 0 Å². The summed E-state index contributed by atoms with van der Waals surface area (Å²) in [5.74, 6) is 0.611. The number of benzene rings is 1. The first-order chi connectivity index (χ1) is 5.74. The molecule has 0 amide bonds. The van der Waals surface area contributed by atoms with Crippen LogP contribution in [0.4, 0.5) is 0 Å². The first-order valence-corrected chi connectivity index (χ1v) is 4.89. The van der Waals surface area contributed by atoms with Crippen molar-refractivity contribution in [2.75, 3.05) is 0 Å². The molecule has 0 aliphatic heterocycles. The van der Waals surface area contributed by atoms with E-state index in [1.165, 1.54) is 17.5 Å². The fraction of sp³-hybridized carbons (Fsp3) is 0.455. The van der Waals surface area contributed by atoms with Crippen LogP contribution in [0.1, 0.15) is 31.4 Å². The molecule has 0 aliphatic carbocycles. The second kappa shape index (κ2) is 7.17. The van der Waals surface area contributed by atoms with Gasteiger partial charge in [0.15, 0.2) is 0 Å². The lowest BCUT2D eigenvalue weighted by Gasteiger charge is -1.93. The maximum Gasteiger partial charge on any atom is 0.0474 e. The van der Waals surface area contributed by atoms with E-state index < -0.39 is 0 Å². The summed E-state index contributed by atoms with van der Waals surface area (Å²) < 4.78 is 0. The summed E-state index contributed by atoms with van der Waals surface area (Å²) in [5.41, 5.74) is 2.46. The van der Waals surface area contributed by atoms with Gasteiger partial charge in [0.1, 0.15) is 0 Å². The molecule has 0 radical (unpaired) electrons. The van der Waals surface area contributed by atoms with E-state index in [0.29, 0.717) is 5.88 Å². The van der Waals surface area contributed by atoms with Gasteiger partial charge in [-0.15, -0.1) is 11.6 Å². The summed E-state index contributed by atoms with van der Waals surface area (Å²) in [7, 11) is 0. The molecule has 1 aromatic carbocycles. The minimum Gasteiger partial charge on any atom is -0.122 e. The van der Waals surface area contributed by atoms with Gasteiger partial charge in [-0.2, -0.15) is 0 Å². The fourth-order valence-corrected chi connectivity index (χ4v) is 0.855. The summed E-state index contributed by atoms with van der Waals surface area (Å²) in [5, 5.41) is 0. The van der Waals surface area contributed by atoms with Crippen molar-refractivity contribution < 1.29 is 0 Å². The Morgan fingerprint density at radius 3 is 1.83 bits per heavy atom. The van der Waals surface area contributed by atoms with Crippen LogP contribution < -0.4 is 0 Å². The van der Waals surface area contributed by atoms with E-state index in [9.17, 15) is 0 Å². The molecule has 0 fully saturated rings. The second-order valence-corrected chi connectivity index (χ2v) is 3.09. The van der Waals surface area contributed by atoms with Gasteiger partial charge in [0.25, 0.3) is 0 Å². The lowest BCUT2D eigenvalue weighted by molar-refractivity contribution is 1.09. The van der Waals surface area contributed by atoms with Gasteiger partial charge in [0.2, 0.25) is 0 Å². The van der Waals surface area contributed by atoms with Crippen LogP contribution in [0, 0.1) is 6.92 Å². The quantitative estimate of drug-likeness (QED) is 0.576. The molecule has 0 heterocycles. The maximum atomic E-state index is 5.58. The minimum atomic E-state index is 0.611. The van der Waals surface area contributed by atoms with Crippen LogP contribution >= 0.6 is 11.6 Å². The van der Waals surface area contributed by atoms with E-state index in [1.54, 1.807) is 0 Å². The highest BCUT2D eigenvalue weighted by atomic mass is 35.5. The predicted octanol–water partition coefficient (Wildman–Crippen LogP) is 4.15. The Hall–Kier alpha value is -0.490. The molecule has 0 atom stereocenters. The molecule has 1 aromatic rings. The van der Waals surface area contributed by atoms with E-state index in [2.05, 4.69) is 32.9 Å². The van der Waals surface area contributed by atoms with Gasteiger partial charge < -0.3 is 0 Å². The van der Waals surface area contributed by atoms with Crippen molar-refractivity contribution in [1.82, 2.24) is 0 Å². The summed E-state index contributed by atoms with van der Waals surface area (Å²) in [6.07, 6.45) is 1.25. The average molecular weight is 185 g/mol. The molecule has 0 aromatic heterocycles. The normalized spacial score (nSPS) is 8.67. The molecule has 0 unspecified atom stereocenters. The minimum absolute atomic E-state index is 0.611. The highest BCUT2D eigenvalue weighted by molar-refractivity contribution is 6.17. The van der Waals surface area contributed by atoms with Crippen LogP contribution in [0.3, 0.4) is 0 Å². The number of rotatable bonds is 1. The third kappa shape index (κ3) is 5.20. The fourth-order valence-electron chi connectivity index (χ4n) is 0.677. The Morgan fingerprint density at radius 1 is 1.08 bits per heavy atom. The lowest BCUT2D eigenvalue weighted by Crippen LogP contribution is -1.75. The molecule has 0 nitrogen and oxygen atoms in total. The summed E-state index contributed by atoms with van der Waals surface area (Å²) in [4.78, 5) is 0. The maximum absolute atomic E-state index is 5.58. The highest BCUT2D eigenvalue weighted by Crippen LogP contribution is 2.04. The zero-order chi connectivity index (χ0) is 9.40. The van der Waals surface area contributed by atoms with Crippen molar-refractivity contribution in [3.63, 3.8) is 0 Å². The molecular weight excluding hydrogens is 168 g/mol. The molecule has 12 heavy (non-hydrogen) atoms. The number of hydrogen-bond donors (Lipinski definition) is 0. The van der Waals surface area contributed by atoms with Crippen molar-refractivity contribution in [3.05, 3.63) is 35.4 Å². The van der Waals surface area contributed by atoms with Crippen LogP contribution in [0.15, 0.2) is 24.3 Å². The topological polar surface area (TPSA) is 0 Å². The van der Waals surface area contributed by atoms with Crippen molar-refractivity contribution in [1.29, 1.82) is 0 Å². The van der Waals surface area contributed by atoms with Gasteiger partial charge in [-0.1, -0.05) is 50.1 Å². The van der Waals surface area contributed by atoms with E-state index in [1.807, 2.05) is 12.1 Å². The van der Waals surface area contributed by atoms with Crippen LogP contribution in [-0.4, -0.2) is 0 Å². The second-order valence-electron chi connectivity index (χ2n) is 2.83. The zero-order valence-corrected chi connectivity index (χ0v) is 8.86. The molecular formula is C11H17Cl.